The van der Waals surface area contributed by atoms with E-state index in [0.717, 1.165) is 6.26 Å². The van der Waals surface area contributed by atoms with Crippen LogP contribution in [0.25, 0.3) is 0 Å². The lowest BCUT2D eigenvalue weighted by Crippen LogP contribution is -2.34. The first-order valence-corrected chi connectivity index (χ1v) is 7.69. The second-order valence-electron chi connectivity index (χ2n) is 3.85. The van der Waals surface area contributed by atoms with Crippen molar-refractivity contribution in [2.45, 2.75) is 0 Å². The van der Waals surface area contributed by atoms with E-state index >= 15 is 0 Å². The predicted molar refractivity (Wildman–Crippen MR) is 75.3 cm³/mol. The van der Waals surface area contributed by atoms with E-state index in [2.05, 4.69) is 26.9 Å². The van der Waals surface area contributed by atoms with Gasteiger partial charge in [-0.05, 0) is 6.07 Å². The Balaban J connectivity index is 2.64. The lowest BCUT2D eigenvalue weighted by atomic mass is 10.1. The fourth-order valence-electron chi connectivity index (χ4n) is 1.35. The summed E-state index contributed by atoms with van der Waals surface area (Å²) in [4.78, 5) is 15.8. The van der Waals surface area contributed by atoms with Crippen molar-refractivity contribution in [1.82, 2.24) is 15.0 Å². The second-order valence-corrected chi connectivity index (χ2v) is 5.68. The van der Waals surface area contributed by atoms with Crippen LogP contribution >= 0.6 is 0 Å². The summed E-state index contributed by atoms with van der Waals surface area (Å²) in [6, 6.07) is 1.54. The molecule has 1 heterocycles. The molecule has 8 heteroatoms. The molecule has 0 saturated carbocycles. The van der Waals surface area contributed by atoms with Gasteiger partial charge in [-0.1, -0.05) is 11.8 Å². The van der Waals surface area contributed by atoms with Crippen molar-refractivity contribution in [3.8, 4) is 11.8 Å². The number of pyridine rings is 1. The van der Waals surface area contributed by atoms with Gasteiger partial charge in [-0.15, -0.1) is 0 Å². The van der Waals surface area contributed by atoms with Gasteiger partial charge >= 0.3 is 0 Å². The van der Waals surface area contributed by atoms with Crippen LogP contribution in [0.15, 0.2) is 18.5 Å². The number of hydrogen-bond acceptors (Lipinski definition) is 5. The first-order chi connectivity index (χ1) is 9.44. The van der Waals surface area contributed by atoms with Gasteiger partial charge in [0.2, 0.25) is 10.0 Å². The molecule has 0 radical (unpaired) electrons. The van der Waals surface area contributed by atoms with Gasteiger partial charge in [0.15, 0.2) is 0 Å². The zero-order valence-corrected chi connectivity index (χ0v) is 11.8. The number of carbonyl (C=O) groups is 1. The summed E-state index contributed by atoms with van der Waals surface area (Å²) in [6.45, 7) is 0.492. The highest BCUT2D eigenvalue weighted by atomic mass is 32.2. The Kier molecular flexibility index (Phi) is 6.11. The van der Waals surface area contributed by atoms with E-state index in [1.165, 1.54) is 12.4 Å². The lowest BCUT2D eigenvalue weighted by Gasteiger charge is -2.07. The predicted octanol–water partition coefficient (Wildman–Crippen LogP) is -1.33. The van der Waals surface area contributed by atoms with E-state index in [1.54, 1.807) is 6.07 Å². The fourth-order valence-corrected chi connectivity index (χ4v) is 1.82. The number of aromatic nitrogens is 1. The Morgan fingerprint density at radius 1 is 1.45 bits per heavy atom. The van der Waals surface area contributed by atoms with Gasteiger partial charge in [-0.3, -0.25) is 9.78 Å². The number of rotatable bonds is 5. The Labute approximate surface area is 118 Å². The number of nitrogens with two attached hydrogens (primary N) is 1. The van der Waals surface area contributed by atoms with Crippen LogP contribution in [-0.2, 0) is 10.0 Å². The highest BCUT2D eigenvalue weighted by Gasteiger charge is 2.09. The molecule has 1 rings (SSSR count). The zero-order chi connectivity index (χ0) is 15.0. The monoisotopic (exact) mass is 296 g/mol. The molecule has 20 heavy (non-hydrogen) atoms. The van der Waals surface area contributed by atoms with Crippen LogP contribution in [0.4, 0.5) is 0 Å². The van der Waals surface area contributed by atoms with Gasteiger partial charge in [-0.2, -0.15) is 0 Å². The topological polar surface area (TPSA) is 114 Å². The first kappa shape index (κ1) is 16.1. The van der Waals surface area contributed by atoms with Crippen molar-refractivity contribution < 1.29 is 13.2 Å². The zero-order valence-electron chi connectivity index (χ0n) is 11.0. The largest absolute Gasteiger partial charge is 0.351 e. The molecule has 0 fully saturated rings. The highest BCUT2D eigenvalue weighted by molar-refractivity contribution is 7.88. The van der Waals surface area contributed by atoms with Crippen molar-refractivity contribution in [3.05, 3.63) is 29.6 Å². The van der Waals surface area contributed by atoms with Crippen molar-refractivity contribution in [2.24, 2.45) is 5.73 Å². The summed E-state index contributed by atoms with van der Waals surface area (Å²) in [6.07, 6.45) is 4.02. The molecule has 108 valence electrons. The third-order valence-corrected chi connectivity index (χ3v) is 2.89. The van der Waals surface area contributed by atoms with Crippen LogP contribution < -0.4 is 15.8 Å². The van der Waals surface area contributed by atoms with Crippen LogP contribution in [0.2, 0.25) is 0 Å². The van der Waals surface area contributed by atoms with Gasteiger partial charge < -0.3 is 11.1 Å². The SMILES string of the molecule is CS(=O)(=O)NCCNC(=O)c1ccncc1C#CCN. The van der Waals surface area contributed by atoms with E-state index < -0.39 is 10.0 Å². The number of sulfonamides is 1. The Morgan fingerprint density at radius 3 is 2.85 bits per heavy atom. The van der Waals surface area contributed by atoms with Crippen molar-refractivity contribution >= 4 is 15.9 Å². The van der Waals surface area contributed by atoms with Gasteiger partial charge in [0, 0.05) is 25.5 Å². The van der Waals surface area contributed by atoms with Crippen LogP contribution in [0, 0.1) is 11.8 Å². The van der Waals surface area contributed by atoms with Crippen LogP contribution in [0.3, 0.4) is 0 Å². The van der Waals surface area contributed by atoms with Crippen LogP contribution in [-0.4, -0.2) is 45.2 Å². The molecule has 0 aromatic carbocycles. The van der Waals surface area contributed by atoms with E-state index in [-0.39, 0.29) is 25.5 Å². The Morgan fingerprint density at radius 2 is 2.20 bits per heavy atom. The average molecular weight is 296 g/mol. The number of hydrogen-bond donors (Lipinski definition) is 3. The Bertz CT molecular complexity index is 632. The molecule has 0 unspecified atom stereocenters. The number of carbonyl (C=O) groups excluding carboxylic acids is 1. The molecule has 0 bridgehead atoms. The first-order valence-electron chi connectivity index (χ1n) is 5.80. The molecule has 0 aliphatic rings. The molecular weight excluding hydrogens is 280 g/mol. The van der Waals surface area contributed by atoms with Crippen LogP contribution in [0.1, 0.15) is 15.9 Å². The number of amides is 1. The maximum Gasteiger partial charge on any atom is 0.252 e. The molecule has 1 aromatic rings. The summed E-state index contributed by atoms with van der Waals surface area (Å²) in [5.74, 6) is 5.07. The van der Waals surface area contributed by atoms with E-state index in [4.69, 9.17) is 5.73 Å². The van der Waals surface area contributed by atoms with E-state index in [0.29, 0.717) is 11.1 Å². The van der Waals surface area contributed by atoms with E-state index in [9.17, 15) is 13.2 Å². The Hall–Kier alpha value is -1.95. The molecule has 0 aliphatic heterocycles. The molecule has 0 spiro atoms. The highest BCUT2D eigenvalue weighted by Crippen LogP contribution is 2.04. The summed E-state index contributed by atoms with van der Waals surface area (Å²) < 4.78 is 24.0. The fraction of sp³-hybridized carbons (Fsp3) is 0.333. The van der Waals surface area contributed by atoms with Crippen LogP contribution in [0.5, 0.6) is 0 Å². The standard InChI is InChI=1S/C12H16N4O3S/c1-20(18,19)16-8-7-15-12(17)11-4-6-14-9-10(11)3-2-5-13/h4,6,9,16H,5,7-8,13H2,1H3,(H,15,17). The normalized spacial score (nSPS) is 10.5. The van der Waals surface area contributed by atoms with Gasteiger partial charge in [-0.25, -0.2) is 13.1 Å². The minimum absolute atomic E-state index is 0.124. The lowest BCUT2D eigenvalue weighted by molar-refractivity contribution is 0.0954. The smallest absolute Gasteiger partial charge is 0.252 e. The van der Waals surface area contributed by atoms with Crippen molar-refractivity contribution in [3.63, 3.8) is 0 Å². The molecule has 1 aromatic heterocycles. The maximum atomic E-state index is 11.9. The molecule has 0 atom stereocenters. The maximum absolute atomic E-state index is 11.9. The third-order valence-electron chi connectivity index (χ3n) is 2.17. The van der Waals surface area contributed by atoms with Gasteiger partial charge in [0.25, 0.3) is 5.91 Å². The molecule has 0 saturated heterocycles. The average Bonchev–Trinajstić information content (AvgIpc) is 2.40. The van der Waals surface area contributed by atoms with E-state index in [1.807, 2.05) is 0 Å². The second kappa shape index (κ2) is 7.59. The van der Waals surface area contributed by atoms with Crippen molar-refractivity contribution in [1.29, 1.82) is 0 Å². The van der Waals surface area contributed by atoms with Gasteiger partial charge in [0.1, 0.15) is 0 Å². The number of nitrogens with one attached hydrogen (secondary N) is 2. The minimum Gasteiger partial charge on any atom is -0.351 e. The van der Waals surface area contributed by atoms with Crippen molar-refractivity contribution in [2.75, 3.05) is 25.9 Å². The summed E-state index contributed by atoms with van der Waals surface area (Å²) in [5, 5.41) is 2.60. The summed E-state index contributed by atoms with van der Waals surface area (Å²) in [7, 11) is -3.25. The quantitative estimate of drug-likeness (QED) is 0.460. The molecule has 0 aliphatic carbocycles. The molecular formula is C12H16N4O3S. The molecule has 4 N–H and O–H groups in total. The molecule has 1 amide bonds. The summed E-state index contributed by atoms with van der Waals surface area (Å²) >= 11 is 0. The minimum atomic E-state index is -3.25. The molecule has 7 nitrogen and oxygen atoms in total. The third kappa shape index (κ3) is 5.79. The number of nitrogens with zero attached hydrogens (tertiary/aromatic N) is 1. The summed E-state index contributed by atoms with van der Waals surface area (Å²) in [5.41, 5.74) is 6.14. The van der Waals surface area contributed by atoms with Gasteiger partial charge in [0.05, 0.1) is 23.9 Å².